The van der Waals surface area contributed by atoms with Crippen LogP contribution in [0.2, 0.25) is 5.02 Å². The number of thiophene rings is 1. The van der Waals surface area contributed by atoms with Gasteiger partial charge in [0.05, 0.1) is 14.8 Å². The molecule has 184 valence electrons. The summed E-state index contributed by atoms with van der Waals surface area (Å²) in [4.78, 5) is 44.2. The number of piperidine rings is 1. The minimum atomic E-state index is -0.165. The second kappa shape index (κ2) is 9.88. The molecule has 2 aliphatic rings. The first kappa shape index (κ1) is 23.5. The van der Waals surface area contributed by atoms with E-state index in [1.54, 1.807) is 29.8 Å². The summed E-state index contributed by atoms with van der Waals surface area (Å²) in [6, 6.07) is 9.29. The van der Waals surface area contributed by atoms with Gasteiger partial charge in [-0.3, -0.25) is 14.6 Å². The molecule has 1 saturated heterocycles. The zero-order valence-corrected chi connectivity index (χ0v) is 21.8. The van der Waals surface area contributed by atoms with Gasteiger partial charge in [-0.25, -0.2) is 9.97 Å². The zero-order valence-electron chi connectivity index (χ0n) is 19.4. The van der Waals surface area contributed by atoms with Gasteiger partial charge in [-0.2, -0.15) is 0 Å². The van der Waals surface area contributed by atoms with Crippen LogP contribution in [0.4, 0.5) is 0 Å². The maximum Gasteiger partial charge on any atom is 0.274 e. The topological polar surface area (TPSA) is 88.1 Å². The Balaban J connectivity index is 1.23. The second-order valence-corrected chi connectivity index (χ2v) is 11.7. The number of rotatable bonds is 6. The number of nitrogens with zero attached hydrogens (tertiary/aromatic N) is 4. The molecule has 4 aromatic rings. The van der Waals surface area contributed by atoms with E-state index < -0.39 is 0 Å². The minimum Gasteiger partial charge on any atom is -0.349 e. The van der Waals surface area contributed by atoms with E-state index in [9.17, 15) is 9.59 Å². The van der Waals surface area contributed by atoms with Crippen molar-refractivity contribution in [1.82, 2.24) is 25.2 Å². The molecule has 4 heterocycles. The fourth-order valence-corrected chi connectivity index (χ4v) is 6.90. The first-order valence-corrected chi connectivity index (χ1v) is 14.1. The van der Waals surface area contributed by atoms with Crippen molar-refractivity contribution in [3.63, 3.8) is 0 Å². The number of thiazole rings is 1. The molecule has 7 nitrogen and oxygen atoms in total. The highest BCUT2D eigenvalue weighted by Gasteiger charge is 2.34. The van der Waals surface area contributed by atoms with E-state index in [4.69, 9.17) is 16.6 Å². The molecule has 3 aromatic heterocycles. The van der Waals surface area contributed by atoms with Crippen LogP contribution in [-0.4, -0.2) is 50.8 Å². The molecule has 1 aliphatic carbocycles. The van der Waals surface area contributed by atoms with Gasteiger partial charge in [0, 0.05) is 42.5 Å². The SMILES string of the molecule is O=C(NC[C@@H]1CCCCN1C(=O)c1nc(C2CC2)sc1-c1cccc(Cl)c1)c1cc2nccnc2s1. The highest BCUT2D eigenvalue weighted by Crippen LogP contribution is 2.45. The molecule has 1 N–H and O–H groups in total. The van der Waals surface area contributed by atoms with Crippen molar-refractivity contribution in [2.45, 2.75) is 44.1 Å². The number of benzene rings is 1. The highest BCUT2D eigenvalue weighted by molar-refractivity contribution is 7.20. The van der Waals surface area contributed by atoms with Crippen molar-refractivity contribution in [3.8, 4) is 10.4 Å². The summed E-state index contributed by atoms with van der Waals surface area (Å²) in [7, 11) is 0. The Morgan fingerprint density at radius 3 is 2.75 bits per heavy atom. The molecule has 0 unspecified atom stereocenters. The lowest BCUT2D eigenvalue weighted by Gasteiger charge is -2.35. The number of hydrogen-bond acceptors (Lipinski definition) is 7. The van der Waals surface area contributed by atoms with Gasteiger partial charge in [0.1, 0.15) is 16.0 Å². The van der Waals surface area contributed by atoms with E-state index in [1.165, 1.54) is 11.3 Å². The average Bonchev–Trinajstić information content (AvgIpc) is 3.50. The fraction of sp³-hybridized carbons (Fsp3) is 0.346. The van der Waals surface area contributed by atoms with Crippen molar-refractivity contribution in [1.29, 1.82) is 0 Å². The third-order valence-corrected chi connectivity index (χ3v) is 9.17. The molecule has 36 heavy (non-hydrogen) atoms. The zero-order chi connectivity index (χ0) is 24.6. The molecule has 1 saturated carbocycles. The number of hydrogen-bond donors (Lipinski definition) is 1. The van der Waals surface area contributed by atoms with E-state index in [0.29, 0.717) is 40.1 Å². The number of fused-ring (bicyclic) bond motifs is 1. The van der Waals surface area contributed by atoms with Crippen LogP contribution in [-0.2, 0) is 0 Å². The Kier molecular flexibility index (Phi) is 6.45. The second-order valence-electron chi connectivity index (χ2n) is 9.23. The van der Waals surface area contributed by atoms with E-state index in [0.717, 1.165) is 52.4 Å². The summed E-state index contributed by atoms with van der Waals surface area (Å²) in [6.07, 6.45) is 8.29. The monoisotopic (exact) mass is 537 g/mol. The normalized spacial score (nSPS) is 17.9. The van der Waals surface area contributed by atoms with Gasteiger partial charge in [-0.15, -0.1) is 22.7 Å². The number of carbonyl (C=O) groups excluding carboxylic acids is 2. The van der Waals surface area contributed by atoms with Crippen LogP contribution in [0.3, 0.4) is 0 Å². The number of carbonyl (C=O) groups is 2. The van der Waals surface area contributed by atoms with Crippen LogP contribution in [0.5, 0.6) is 0 Å². The highest BCUT2D eigenvalue weighted by atomic mass is 35.5. The van der Waals surface area contributed by atoms with Crippen molar-refractivity contribution in [3.05, 3.63) is 63.3 Å². The Morgan fingerprint density at radius 2 is 1.94 bits per heavy atom. The molecule has 6 rings (SSSR count). The van der Waals surface area contributed by atoms with Crippen molar-refractivity contribution in [2.75, 3.05) is 13.1 Å². The molecular weight excluding hydrogens is 514 g/mol. The molecule has 0 bridgehead atoms. The maximum atomic E-state index is 13.9. The summed E-state index contributed by atoms with van der Waals surface area (Å²) in [5.74, 6) is 0.223. The van der Waals surface area contributed by atoms with E-state index in [2.05, 4.69) is 15.3 Å². The summed E-state index contributed by atoms with van der Waals surface area (Å²) in [6.45, 7) is 1.05. The number of likely N-dealkylation sites (tertiary alicyclic amines) is 1. The van der Waals surface area contributed by atoms with E-state index >= 15 is 0 Å². The smallest absolute Gasteiger partial charge is 0.274 e. The lowest BCUT2D eigenvalue weighted by Crippen LogP contribution is -2.49. The standard InChI is InChI=1S/C26H24ClN5O2S2/c27-17-5-3-4-16(12-17)22-21(31-24(36-22)15-7-8-15)26(34)32-11-2-1-6-18(32)14-30-23(33)20-13-19-25(35-20)29-10-9-28-19/h3-5,9-10,12-13,15,18H,1-2,6-8,11,14H2,(H,30,33)/t18-/m0/s1. The van der Waals surface area contributed by atoms with Gasteiger partial charge < -0.3 is 10.2 Å². The summed E-state index contributed by atoms with van der Waals surface area (Å²) in [5, 5.41) is 4.71. The third-order valence-electron chi connectivity index (χ3n) is 6.64. The molecule has 1 atom stereocenters. The number of nitrogens with one attached hydrogen (secondary N) is 1. The van der Waals surface area contributed by atoms with Crippen LogP contribution in [0, 0.1) is 0 Å². The number of aromatic nitrogens is 3. The molecule has 1 aliphatic heterocycles. The summed E-state index contributed by atoms with van der Waals surface area (Å²) >= 11 is 9.20. The summed E-state index contributed by atoms with van der Waals surface area (Å²) in [5.41, 5.74) is 2.14. The fourth-order valence-electron chi connectivity index (χ4n) is 4.61. The predicted molar refractivity (Wildman–Crippen MR) is 143 cm³/mol. The first-order chi connectivity index (χ1) is 17.6. The van der Waals surface area contributed by atoms with Crippen molar-refractivity contribution >= 4 is 56.4 Å². The Hall–Kier alpha value is -2.88. The van der Waals surface area contributed by atoms with Crippen LogP contribution in [0.1, 0.15) is 63.2 Å². The predicted octanol–water partition coefficient (Wildman–Crippen LogP) is 5.77. The van der Waals surface area contributed by atoms with Gasteiger partial charge >= 0.3 is 0 Å². The van der Waals surface area contributed by atoms with Gasteiger partial charge in [-0.05, 0) is 55.9 Å². The van der Waals surface area contributed by atoms with Gasteiger partial charge in [0.25, 0.3) is 11.8 Å². The Labute approximate surface area is 221 Å². The van der Waals surface area contributed by atoms with Crippen LogP contribution in [0.25, 0.3) is 20.8 Å². The van der Waals surface area contributed by atoms with Gasteiger partial charge in [-0.1, -0.05) is 23.7 Å². The average molecular weight is 538 g/mol. The summed E-state index contributed by atoms with van der Waals surface area (Å²) < 4.78 is 0. The quantitative estimate of drug-likeness (QED) is 0.337. The molecule has 1 aromatic carbocycles. The molecule has 2 fully saturated rings. The largest absolute Gasteiger partial charge is 0.349 e. The van der Waals surface area contributed by atoms with Crippen molar-refractivity contribution in [2.24, 2.45) is 0 Å². The lowest BCUT2D eigenvalue weighted by atomic mass is 10.0. The lowest BCUT2D eigenvalue weighted by molar-refractivity contribution is 0.0598. The van der Waals surface area contributed by atoms with Crippen LogP contribution in [0.15, 0.2) is 42.7 Å². The molecule has 0 spiro atoms. The number of amides is 2. The van der Waals surface area contributed by atoms with Crippen molar-refractivity contribution < 1.29 is 9.59 Å². The molecule has 0 radical (unpaired) electrons. The third kappa shape index (κ3) is 4.75. The molecule has 10 heteroatoms. The Morgan fingerprint density at radius 1 is 1.08 bits per heavy atom. The van der Waals surface area contributed by atoms with E-state index in [1.807, 2.05) is 29.2 Å². The van der Waals surface area contributed by atoms with Gasteiger partial charge in [0.2, 0.25) is 0 Å². The maximum absolute atomic E-state index is 13.9. The Bertz CT molecular complexity index is 1410. The van der Waals surface area contributed by atoms with Crippen LogP contribution < -0.4 is 5.32 Å². The minimum absolute atomic E-state index is 0.0673. The van der Waals surface area contributed by atoms with Crippen LogP contribution >= 0.6 is 34.3 Å². The first-order valence-electron chi connectivity index (χ1n) is 12.1. The molecule has 2 amide bonds. The molecular formula is C26H24ClN5O2S2. The van der Waals surface area contributed by atoms with E-state index in [-0.39, 0.29) is 17.9 Å². The van der Waals surface area contributed by atoms with Gasteiger partial charge in [0.15, 0.2) is 0 Å². The number of halogens is 1.